The third kappa shape index (κ3) is 2.86. The van der Waals surface area contributed by atoms with E-state index in [9.17, 15) is 0 Å². The lowest BCUT2D eigenvalue weighted by molar-refractivity contribution is 0.234. The van der Waals surface area contributed by atoms with E-state index in [1.165, 1.54) is 12.8 Å². The second-order valence-electron chi connectivity index (χ2n) is 5.21. The summed E-state index contributed by atoms with van der Waals surface area (Å²) in [5.41, 5.74) is 0.533. The van der Waals surface area contributed by atoms with Crippen molar-refractivity contribution < 1.29 is 4.42 Å². The molecular formula is C13H22N2O. The first kappa shape index (κ1) is 11.7. The van der Waals surface area contributed by atoms with Gasteiger partial charge in [0.1, 0.15) is 11.5 Å². The maximum Gasteiger partial charge on any atom is 0.118 e. The first-order valence-electron chi connectivity index (χ1n) is 6.02. The van der Waals surface area contributed by atoms with Crippen molar-refractivity contribution in [1.29, 1.82) is 0 Å². The molecule has 0 aromatic carbocycles. The molecule has 1 heterocycles. The van der Waals surface area contributed by atoms with Crippen LogP contribution in [0.15, 0.2) is 16.5 Å². The van der Waals surface area contributed by atoms with Crippen molar-refractivity contribution in [2.45, 2.75) is 26.3 Å². The fraction of sp³-hybridized carbons (Fsp3) is 0.692. The summed E-state index contributed by atoms with van der Waals surface area (Å²) in [6.07, 6.45) is 2.71. The molecule has 2 rings (SSSR count). The summed E-state index contributed by atoms with van der Waals surface area (Å²) < 4.78 is 5.59. The van der Waals surface area contributed by atoms with E-state index in [4.69, 9.17) is 4.42 Å². The summed E-state index contributed by atoms with van der Waals surface area (Å²) in [6, 6.07) is 4.10. The van der Waals surface area contributed by atoms with Crippen LogP contribution in [0, 0.1) is 12.3 Å². The highest BCUT2D eigenvalue weighted by Crippen LogP contribution is 2.45. The van der Waals surface area contributed by atoms with Gasteiger partial charge in [-0.3, -0.25) is 4.90 Å². The van der Waals surface area contributed by atoms with Crippen molar-refractivity contribution in [2.24, 2.45) is 5.41 Å². The van der Waals surface area contributed by atoms with Crippen molar-refractivity contribution in [3.8, 4) is 0 Å². The van der Waals surface area contributed by atoms with Crippen LogP contribution in [0.1, 0.15) is 24.4 Å². The number of hydrogen-bond donors (Lipinski definition) is 1. The van der Waals surface area contributed by atoms with E-state index >= 15 is 0 Å². The molecule has 0 spiro atoms. The van der Waals surface area contributed by atoms with Gasteiger partial charge in [-0.1, -0.05) is 0 Å². The van der Waals surface area contributed by atoms with E-state index in [2.05, 4.69) is 23.3 Å². The van der Waals surface area contributed by atoms with Crippen LogP contribution in [0.4, 0.5) is 0 Å². The van der Waals surface area contributed by atoms with Gasteiger partial charge >= 0.3 is 0 Å². The topological polar surface area (TPSA) is 28.4 Å². The molecule has 1 aliphatic carbocycles. The Labute approximate surface area is 97.8 Å². The third-order valence-electron chi connectivity index (χ3n) is 3.34. The molecular weight excluding hydrogens is 200 g/mol. The Morgan fingerprint density at radius 3 is 2.69 bits per heavy atom. The molecule has 1 fully saturated rings. The minimum atomic E-state index is 0.533. The summed E-state index contributed by atoms with van der Waals surface area (Å²) in [5, 5.41) is 3.29. The molecule has 3 nitrogen and oxygen atoms in total. The van der Waals surface area contributed by atoms with Gasteiger partial charge in [0.15, 0.2) is 0 Å². The van der Waals surface area contributed by atoms with E-state index in [0.29, 0.717) is 5.41 Å². The van der Waals surface area contributed by atoms with Crippen LogP contribution >= 0.6 is 0 Å². The van der Waals surface area contributed by atoms with E-state index in [0.717, 1.165) is 31.2 Å². The number of aryl methyl sites for hydroxylation is 1. The lowest BCUT2D eigenvalue weighted by atomic mass is 10.1. The van der Waals surface area contributed by atoms with E-state index in [-0.39, 0.29) is 0 Å². The number of rotatable bonds is 6. The number of hydrogen-bond acceptors (Lipinski definition) is 3. The fourth-order valence-corrected chi connectivity index (χ4v) is 2.41. The van der Waals surface area contributed by atoms with Crippen LogP contribution < -0.4 is 5.32 Å². The van der Waals surface area contributed by atoms with Gasteiger partial charge in [0.2, 0.25) is 0 Å². The van der Waals surface area contributed by atoms with Crippen LogP contribution in [-0.4, -0.2) is 32.1 Å². The van der Waals surface area contributed by atoms with Crippen LogP contribution in [0.25, 0.3) is 0 Å². The molecule has 0 aliphatic heterocycles. The summed E-state index contributed by atoms with van der Waals surface area (Å²) in [5.74, 6) is 2.07. The van der Waals surface area contributed by atoms with Crippen LogP contribution in [0.2, 0.25) is 0 Å². The van der Waals surface area contributed by atoms with Gasteiger partial charge in [-0.05, 0) is 51.4 Å². The summed E-state index contributed by atoms with van der Waals surface area (Å²) >= 11 is 0. The van der Waals surface area contributed by atoms with E-state index in [1.807, 2.05) is 20.0 Å². The summed E-state index contributed by atoms with van der Waals surface area (Å²) in [4.78, 5) is 2.36. The maximum atomic E-state index is 5.59. The van der Waals surface area contributed by atoms with E-state index in [1.54, 1.807) is 0 Å². The molecule has 0 amide bonds. The van der Waals surface area contributed by atoms with Crippen molar-refractivity contribution in [3.05, 3.63) is 23.7 Å². The zero-order chi connectivity index (χ0) is 11.6. The highest BCUT2D eigenvalue weighted by atomic mass is 16.3. The van der Waals surface area contributed by atoms with Crippen LogP contribution in [0.3, 0.4) is 0 Å². The Balaban J connectivity index is 1.82. The highest BCUT2D eigenvalue weighted by molar-refractivity contribution is 5.06. The molecule has 1 saturated carbocycles. The average molecular weight is 222 g/mol. The molecule has 0 unspecified atom stereocenters. The standard InChI is InChI=1S/C13H22N2O/c1-11-4-5-12(16-11)8-15(3)10-13(6-7-13)9-14-2/h4-5,14H,6-10H2,1-3H3. The van der Waals surface area contributed by atoms with Crippen LogP contribution in [-0.2, 0) is 6.54 Å². The predicted octanol–water partition coefficient (Wildman–Crippen LogP) is 2.02. The molecule has 0 radical (unpaired) electrons. The van der Waals surface area contributed by atoms with Gasteiger partial charge in [0, 0.05) is 13.1 Å². The minimum Gasteiger partial charge on any atom is -0.465 e. The fourth-order valence-electron chi connectivity index (χ4n) is 2.41. The van der Waals surface area contributed by atoms with Crippen molar-refractivity contribution in [2.75, 3.05) is 27.2 Å². The monoisotopic (exact) mass is 222 g/mol. The number of nitrogens with one attached hydrogen (secondary N) is 1. The largest absolute Gasteiger partial charge is 0.465 e. The molecule has 1 aromatic rings. The zero-order valence-corrected chi connectivity index (χ0v) is 10.5. The lowest BCUT2D eigenvalue weighted by Gasteiger charge is -2.22. The Bertz CT molecular complexity index is 341. The lowest BCUT2D eigenvalue weighted by Crippen LogP contribution is -2.32. The average Bonchev–Trinajstić information content (AvgIpc) is 2.82. The molecule has 0 atom stereocenters. The first-order valence-corrected chi connectivity index (χ1v) is 6.02. The zero-order valence-electron chi connectivity index (χ0n) is 10.5. The van der Waals surface area contributed by atoms with Crippen molar-refractivity contribution in [1.82, 2.24) is 10.2 Å². The third-order valence-corrected chi connectivity index (χ3v) is 3.34. The molecule has 16 heavy (non-hydrogen) atoms. The smallest absolute Gasteiger partial charge is 0.118 e. The summed E-state index contributed by atoms with van der Waals surface area (Å²) in [6.45, 7) is 5.20. The van der Waals surface area contributed by atoms with Crippen molar-refractivity contribution in [3.63, 3.8) is 0 Å². The Kier molecular flexibility index (Phi) is 3.36. The normalized spacial score (nSPS) is 18.0. The van der Waals surface area contributed by atoms with Gasteiger partial charge in [-0.2, -0.15) is 0 Å². The maximum absolute atomic E-state index is 5.59. The molecule has 1 N–H and O–H groups in total. The van der Waals surface area contributed by atoms with Crippen LogP contribution in [0.5, 0.6) is 0 Å². The second-order valence-corrected chi connectivity index (χ2v) is 5.21. The second kappa shape index (κ2) is 4.60. The van der Waals surface area contributed by atoms with Gasteiger partial charge in [0.25, 0.3) is 0 Å². The summed E-state index contributed by atoms with van der Waals surface area (Å²) in [7, 11) is 4.21. The highest BCUT2D eigenvalue weighted by Gasteiger charge is 2.42. The predicted molar refractivity (Wildman–Crippen MR) is 65.4 cm³/mol. The quantitative estimate of drug-likeness (QED) is 0.798. The molecule has 90 valence electrons. The van der Waals surface area contributed by atoms with Gasteiger partial charge in [0.05, 0.1) is 6.54 Å². The Hall–Kier alpha value is -0.800. The van der Waals surface area contributed by atoms with Gasteiger partial charge in [-0.15, -0.1) is 0 Å². The molecule has 0 bridgehead atoms. The molecule has 1 aliphatic rings. The number of furan rings is 1. The SMILES string of the molecule is CNCC1(CN(C)Cc2ccc(C)o2)CC1. The number of nitrogens with zero attached hydrogens (tertiary/aromatic N) is 1. The van der Waals surface area contributed by atoms with E-state index < -0.39 is 0 Å². The Morgan fingerprint density at radius 1 is 1.44 bits per heavy atom. The first-order chi connectivity index (χ1) is 7.63. The molecule has 1 aromatic heterocycles. The minimum absolute atomic E-state index is 0.533. The Morgan fingerprint density at radius 2 is 2.19 bits per heavy atom. The molecule has 3 heteroatoms. The van der Waals surface area contributed by atoms with Gasteiger partial charge in [-0.25, -0.2) is 0 Å². The molecule has 0 saturated heterocycles. The van der Waals surface area contributed by atoms with Gasteiger partial charge < -0.3 is 9.73 Å². The van der Waals surface area contributed by atoms with Crippen molar-refractivity contribution >= 4 is 0 Å².